The summed E-state index contributed by atoms with van der Waals surface area (Å²) >= 11 is 0. The zero-order valence-corrected chi connectivity index (χ0v) is 16.6. The van der Waals surface area contributed by atoms with E-state index in [1.165, 1.54) is 0 Å². The molecule has 1 aromatic rings. The second-order valence-electron chi connectivity index (χ2n) is 8.12. The van der Waals surface area contributed by atoms with E-state index in [0.717, 1.165) is 57.4 Å². The molecule has 6 heteroatoms. The Morgan fingerprint density at radius 3 is 2.67 bits per heavy atom. The van der Waals surface area contributed by atoms with Gasteiger partial charge in [-0.3, -0.25) is 19.5 Å². The number of carbonyl (C=O) groups is 2. The van der Waals surface area contributed by atoms with Crippen molar-refractivity contribution < 1.29 is 9.59 Å². The third-order valence-electron chi connectivity index (χ3n) is 5.80. The molecule has 0 aromatic carbocycles. The summed E-state index contributed by atoms with van der Waals surface area (Å²) in [6.07, 6.45) is 7.59. The summed E-state index contributed by atoms with van der Waals surface area (Å²) in [4.78, 5) is 33.3. The van der Waals surface area contributed by atoms with Gasteiger partial charge in [-0.1, -0.05) is 19.9 Å². The monoisotopic (exact) mass is 372 g/mol. The zero-order chi connectivity index (χ0) is 19.2. The lowest BCUT2D eigenvalue weighted by atomic mass is 9.93. The highest BCUT2D eigenvalue weighted by atomic mass is 16.2. The fraction of sp³-hybridized carbons (Fsp3) is 0.667. The highest BCUT2D eigenvalue weighted by Crippen LogP contribution is 2.24. The molecule has 2 aliphatic rings. The maximum atomic E-state index is 12.6. The molecule has 0 radical (unpaired) electrons. The van der Waals surface area contributed by atoms with Crippen LogP contribution < -0.4 is 5.32 Å². The molecule has 1 atom stereocenters. The Labute approximate surface area is 162 Å². The third-order valence-corrected chi connectivity index (χ3v) is 5.80. The van der Waals surface area contributed by atoms with Crippen molar-refractivity contribution in [2.75, 3.05) is 26.2 Å². The second-order valence-corrected chi connectivity index (χ2v) is 8.12. The van der Waals surface area contributed by atoms with E-state index in [9.17, 15) is 9.59 Å². The SMILES string of the molecule is CC(C)C(=O)N1CCC(N2CCC[C@@H](C(=O)NCc3cccnc3)C2)CC1. The molecule has 0 saturated carbocycles. The quantitative estimate of drug-likeness (QED) is 0.859. The average molecular weight is 373 g/mol. The van der Waals surface area contributed by atoms with Crippen molar-refractivity contribution in [1.82, 2.24) is 20.1 Å². The van der Waals surface area contributed by atoms with Crippen LogP contribution in [-0.2, 0) is 16.1 Å². The molecule has 6 nitrogen and oxygen atoms in total. The summed E-state index contributed by atoms with van der Waals surface area (Å²) in [5.41, 5.74) is 1.03. The largest absolute Gasteiger partial charge is 0.352 e. The van der Waals surface area contributed by atoms with E-state index in [1.54, 1.807) is 12.4 Å². The Hall–Kier alpha value is -1.95. The van der Waals surface area contributed by atoms with Crippen LogP contribution in [0.4, 0.5) is 0 Å². The van der Waals surface area contributed by atoms with Gasteiger partial charge in [0.15, 0.2) is 0 Å². The molecule has 2 amide bonds. The van der Waals surface area contributed by atoms with Crippen molar-refractivity contribution in [2.45, 2.75) is 52.1 Å². The lowest BCUT2D eigenvalue weighted by Crippen LogP contribution is -2.52. The number of rotatable bonds is 5. The van der Waals surface area contributed by atoms with Gasteiger partial charge in [0, 0.05) is 50.5 Å². The lowest BCUT2D eigenvalue weighted by Gasteiger charge is -2.42. The number of amides is 2. The number of hydrogen-bond acceptors (Lipinski definition) is 4. The van der Waals surface area contributed by atoms with Crippen LogP contribution in [0.5, 0.6) is 0 Å². The Morgan fingerprint density at radius 2 is 2.00 bits per heavy atom. The van der Waals surface area contributed by atoms with Gasteiger partial charge in [0.25, 0.3) is 0 Å². The predicted molar refractivity (Wildman–Crippen MR) is 105 cm³/mol. The minimum absolute atomic E-state index is 0.0609. The first-order valence-corrected chi connectivity index (χ1v) is 10.2. The molecule has 2 saturated heterocycles. The molecule has 3 heterocycles. The van der Waals surface area contributed by atoms with Crippen LogP contribution in [0.15, 0.2) is 24.5 Å². The fourth-order valence-corrected chi connectivity index (χ4v) is 4.20. The van der Waals surface area contributed by atoms with Gasteiger partial charge in [0.1, 0.15) is 0 Å². The van der Waals surface area contributed by atoms with E-state index in [0.29, 0.717) is 12.6 Å². The van der Waals surface area contributed by atoms with Crippen molar-refractivity contribution in [1.29, 1.82) is 0 Å². The predicted octanol–water partition coefficient (Wildman–Crippen LogP) is 2.06. The van der Waals surface area contributed by atoms with Gasteiger partial charge in [-0.15, -0.1) is 0 Å². The first-order chi connectivity index (χ1) is 13.0. The molecule has 148 valence electrons. The molecule has 0 unspecified atom stereocenters. The number of hydrogen-bond donors (Lipinski definition) is 1. The van der Waals surface area contributed by atoms with Crippen LogP contribution >= 0.6 is 0 Å². The molecule has 0 bridgehead atoms. The molecule has 1 N–H and O–H groups in total. The van der Waals surface area contributed by atoms with Crippen molar-refractivity contribution in [3.63, 3.8) is 0 Å². The van der Waals surface area contributed by atoms with Crippen LogP contribution in [0, 0.1) is 11.8 Å². The van der Waals surface area contributed by atoms with Crippen molar-refractivity contribution in [3.8, 4) is 0 Å². The molecule has 27 heavy (non-hydrogen) atoms. The minimum Gasteiger partial charge on any atom is -0.352 e. The Morgan fingerprint density at radius 1 is 1.22 bits per heavy atom. The Balaban J connectivity index is 1.46. The molecule has 2 fully saturated rings. The first-order valence-electron chi connectivity index (χ1n) is 10.2. The van der Waals surface area contributed by atoms with E-state index in [1.807, 2.05) is 30.9 Å². The highest BCUT2D eigenvalue weighted by molar-refractivity contribution is 5.79. The molecular weight excluding hydrogens is 340 g/mol. The molecular formula is C21H32N4O2. The van der Waals surface area contributed by atoms with E-state index in [4.69, 9.17) is 0 Å². The standard InChI is InChI=1S/C21H32N4O2/c1-16(2)21(27)24-11-7-19(8-12-24)25-10-4-6-18(15-25)20(26)23-14-17-5-3-9-22-13-17/h3,5,9,13,16,18-19H,4,6-8,10-12,14-15H2,1-2H3,(H,23,26)/t18-/m1/s1. The summed E-state index contributed by atoms with van der Waals surface area (Å²) in [6.45, 7) is 8.06. The van der Waals surface area contributed by atoms with Crippen LogP contribution in [-0.4, -0.2) is 58.8 Å². The van der Waals surface area contributed by atoms with E-state index >= 15 is 0 Å². The third kappa shape index (κ3) is 5.28. The number of likely N-dealkylation sites (tertiary alicyclic amines) is 2. The molecule has 1 aromatic heterocycles. The van der Waals surface area contributed by atoms with Gasteiger partial charge in [0.05, 0.1) is 5.92 Å². The topological polar surface area (TPSA) is 65.5 Å². The van der Waals surface area contributed by atoms with Gasteiger partial charge < -0.3 is 10.2 Å². The molecule has 0 spiro atoms. The van der Waals surface area contributed by atoms with Crippen molar-refractivity contribution in [3.05, 3.63) is 30.1 Å². The maximum Gasteiger partial charge on any atom is 0.225 e. The lowest BCUT2D eigenvalue weighted by molar-refractivity contribution is -0.136. The van der Waals surface area contributed by atoms with Crippen LogP contribution in [0.3, 0.4) is 0 Å². The van der Waals surface area contributed by atoms with Gasteiger partial charge in [-0.2, -0.15) is 0 Å². The highest BCUT2D eigenvalue weighted by Gasteiger charge is 2.32. The number of nitrogens with zero attached hydrogens (tertiary/aromatic N) is 3. The normalized spacial score (nSPS) is 22.0. The smallest absolute Gasteiger partial charge is 0.225 e. The maximum absolute atomic E-state index is 12.6. The van der Waals surface area contributed by atoms with Crippen LogP contribution in [0.1, 0.15) is 45.1 Å². The number of aromatic nitrogens is 1. The van der Waals surface area contributed by atoms with E-state index in [-0.39, 0.29) is 23.7 Å². The van der Waals surface area contributed by atoms with Gasteiger partial charge in [-0.25, -0.2) is 0 Å². The van der Waals surface area contributed by atoms with Crippen LogP contribution in [0.25, 0.3) is 0 Å². The van der Waals surface area contributed by atoms with Gasteiger partial charge in [0.2, 0.25) is 11.8 Å². The van der Waals surface area contributed by atoms with Crippen molar-refractivity contribution in [2.24, 2.45) is 11.8 Å². The second kappa shape index (κ2) is 9.31. The summed E-state index contributed by atoms with van der Waals surface area (Å²) in [6, 6.07) is 4.36. The van der Waals surface area contributed by atoms with Crippen molar-refractivity contribution >= 4 is 11.8 Å². The molecule has 3 rings (SSSR count). The summed E-state index contributed by atoms with van der Waals surface area (Å²) in [5, 5.41) is 3.07. The fourth-order valence-electron chi connectivity index (χ4n) is 4.20. The summed E-state index contributed by atoms with van der Waals surface area (Å²) < 4.78 is 0. The zero-order valence-electron chi connectivity index (χ0n) is 16.6. The molecule has 0 aliphatic carbocycles. The number of nitrogens with one attached hydrogen (secondary N) is 1. The number of carbonyl (C=O) groups excluding carboxylic acids is 2. The Kier molecular flexibility index (Phi) is 6.83. The molecule has 2 aliphatic heterocycles. The summed E-state index contributed by atoms with van der Waals surface area (Å²) in [5.74, 6) is 0.547. The number of piperidine rings is 2. The summed E-state index contributed by atoms with van der Waals surface area (Å²) in [7, 11) is 0. The Bertz CT molecular complexity index is 626. The van der Waals surface area contributed by atoms with Gasteiger partial charge >= 0.3 is 0 Å². The number of pyridine rings is 1. The van der Waals surface area contributed by atoms with E-state index < -0.39 is 0 Å². The minimum atomic E-state index is 0.0609. The first kappa shape index (κ1) is 19.8. The average Bonchev–Trinajstić information content (AvgIpc) is 2.72. The van der Waals surface area contributed by atoms with Gasteiger partial charge in [-0.05, 0) is 43.9 Å². The van der Waals surface area contributed by atoms with Crippen LogP contribution in [0.2, 0.25) is 0 Å². The van der Waals surface area contributed by atoms with E-state index in [2.05, 4.69) is 15.2 Å².